The zero-order chi connectivity index (χ0) is 26.6. The van der Waals surface area contributed by atoms with Crippen LogP contribution in [0.2, 0.25) is 0 Å². The lowest BCUT2D eigenvalue weighted by molar-refractivity contribution is -0.671. The molecule has 0 atom stereocenters. The Balaban J connectivity index is 0.00000185. The molecule has 202 valence electrons. The van der Waals surface area contributed by atoms with Gasteiger partial charge in [-0.05, 0) is 67.7 Å². The zero-order valence-corrected chi connectivity index (χ0v) is 26.7. The zero-order valence-electron chi connectivity index (χ0n) is 22.4. The van der Waals surface area contributed by atoms with E-state index in [1.54, 1.807) is 0 Å². The number of hydrogen-bond acceptors (Lipinski definition) is 4. The van der Waals surface area contributed by atoms with Crippen molar-refractivity contribution in [1.29, 1.82) is 0 Å². The van der Waals surface area contributed by atoms with Gasteiger partial charge in [0.05, 0.1) is 25.3 Å². The summed E-state index contributed by atoms with van der Waals surface area (Å²) in [6.07, 6.45) is 8.00. The normalized spacial score (nSPS) is 10.8. The lowest BCUT2D eigenvalue weighted by Gasteiger charge is -2.19. The van der Waals surface area contributed by atoms with Crippen LogP contribution < -0.4 is 57.1 Å². The maximum atomic E-state index is 13.1. The summed E-state index contributed by atoms with van der Waals surface area (Å²) in [5, 5.41) is 5.36. The van der Waals surface area contributed by atoms with E-state index in [2.05, 4.69) is 12.1 Å². The van der Waals surface area contributed by atoms with Crippen LogP contribution in [0.1, 0.15) is 20.7 Å². The Morgan fingerprint density at radius 3 is 1.32 bits per heavy atom. The molecule has 0 saturated heterocycles. The number of aromatic nitrogens is 2. The van der Waals surface area contributed by atoms with Gasteiger partial charge < -0.3 is 57.4 Å². The van der Waals surface area contributed by atoms with Crippen LogP contribution in [0.25, 0.3) is 54.6 Å². The first-order valence-corrected chi connectivity index (χ1v) is 12.3. The molecule has 6 rings (SSSR count). The lowest BCUT2D eigenvalue weighted by atomic mass is 9.84. The molecule has 0 aliphatic rings. The van der Waals surface area contributed by atoms with Crippen molar-refractivity contribution in [2.75, 3.05) is 14.2 Å². The fourth-order valence-electron chi connectivity index (χ4n) is 5.52. The summed E-state index contributed by atoms with van der Waals surface area (Å²) in [5.41, 5.74) is 4.74. The fraction of sp³-hybridized carbons (Fsp3) is 0.125. The predicted octanol–water partition coefficient (Wildman–Crippen LogP) is -0.852. The standard InChI is InChI=1S/C32H26N2O4.2HI/c1-33-13-5-7-19(17-33)25-15-27(31(35)37-3)23-11-12-24-28(32(36)38-4)16-26(20-8-6-14-34(2)18-20)22-10-9-21(25)29(23)30(22)24;;/h5-18H,1-4H3;2*1H/q+2;;/p-2. The summed E-state index contributed by atoms with van der Waals surface area (Å²) in [6, 6.07) is 19.9. The number of aryl methyl sites for hydroxylation is 2. The maximum Gasteiger partial charge on any atom is 0.338 e. The predicted molar refractivity (Wildman–Crippen MR) is 146 cm³/mol. The minimum atomic E-state index is -0.409. The van der Waals surface area contributed by atoms with Gasteiger partial charge >= 0.3 is 11.9 Å². The van der Waals surface area contributed by atoms with Gasteiger partial charge in [0.2, 0.25) is 0 Å². The molecule has 0 bridgehead atoms. The smallest absolute Gasteiger partial charge is 0.338 e. The van der Waals surface area contributed by atoms with Gasteiger partial charge in [-0.15, -0.1) is 0 Å². The quantitative estimate of drug-likeness (QED) is 0.102. The van der Waals surface area contributed by atoms with Gasteiger partial charge in [0.1, 0.15) is 14.1 Å². The third-order valence-electron chi connectivity index (χ3n) is 7.21. The average Bonchev–Trinajstić information content (AvgIpc) is 2.94. The number of carbonyl (C=O) groups excluding carboxylic acids is 2. The highest BCUT2D eigenvalue weighted by atomic mass is 127. The van der Waals surface area contributed by atoms with Gasteiger partial charge in [-0.2, -0.15) is 0 Å². The van der Waals surface area contributed by atoms with E-state index in [4.69, 9.17) is 9.47 Å². The van der Waals surface area contributed by atoms with Crippen LogP contribution in [0.5, 0.6) is 0 Å². The number of hydrogen-bond donors (Lipinski definition) is 0. The summed E-state index contributed by atoms with van der Waals surface area (Å²) in [7, 11) is 6.72. The minimum Gasteiger partial charge on any atom is -1.00 e. The number of halogens is 2. The first kappa shape index (κ1) is 29.6. The number of ether oxygens (including phenoxy) is 2. The van der Waals surface area contributed by atoms with Crippen molar-refractivity contribution in [1.82, 2.24) is 0 Å². The highest BCUT2D eigenvalue weighted by molar-refractivity contribution is 6.32. The summed E-state index contributed by atoms with van der Waals surface area (Å²) in [5.74, 6) is -0.819. The van der Waals surface area contributed by atoms with Crippen LogP contribution in [-0.2, 0) is 23.6 Å². The number of pyridine rings is 2. The molecule has 0 fully saturated rings. The molecule has 0 N–H and O–H groups in total. The number of benzene rings is 4. The second-order valence-electron chi connectivity index (χ2n) is 9.51. The Morgan fingerprint density at radius 1 is 0.600 bits per heavy atom. The molecule has 0 aliphatic heterocycles. The molecular formula is C32H26I2N2O4. The summed E-state index contributed by atoms with van der Waals surface area (Å²) in [4.78, 5) is 26.1. The highest BCUT2D eigenvalue weighted by Gasteiger charge is 2.24. The number of methoxy groups -OCH3 is 2. The monoisotopic (exact) mass is 756 g/mol. The van der Waals surface area contributed by atoms with Gasteiger partial charge in [-0.1, -0.05) is 24.3 Å². The largest absolute Gasteiger partial charge is 1.00 e. The number of nitrogens with zero attached hydrogens (tertiary/aromatic N) is 2. The van der Waals surface area contributed by atoms with Crippen molar-refractivity contribution < 1.29 is 76.2 Å². The maximum absolute atomic E-state index is 13.1. The van der Waals surface area contributed by atoms with E-state index < -0.39 is 11.9 Å². The topological polar surface area (TPSA) is 60.4 Å². The first-order valence-electron chi connectivity index (χ1n) is 12.3. The molecule has 8 heteroatoms. The molecule has 6 aromatic rings. The van der Waals surface area contributed by atoms with Crippen LogP contribution in [0, 0.1) is 0 Å². The van der Waals surface area contributed by atoms with Gasteiger partial charge in [-0.25, -0.2) is 18.7 Å². The molecule has 0 saturated carbocycles. The Morgan fingerprint density at radius 2 is 0.975 bits per heavy atom. The third-order valence-corrected chi connectivity index (χ3v) is 7.21. The molecule has 0 radical (unpaired) electrons. The van der Waals surface area contributed by atoms with E-state index in [9.17, 15) is 9.59 Å². The molecule has 0 amide bonds. The van der Waals surface area contributed by atoms with E-state index in [1.165, 1.54) is 14.2 Å². The van der Waals surface area contributed by atoms with Gasteiger partial charge in [0.25, 0.3) is 0 Å². The minimum absolute atomic E-state index is 0. The van der Waals surface area contributed by atoms with Crippen molar-refractivity contribution in [3.05, 3.63) is 96.6 Å². The van der Waals surface area contributed by atoms with E-state index in [0.29, 0.717) is 11.1 Å². The van der Waals surface area contributed by atoms with Crippen molar-refractivity contribution in [2.24, 2.45) is 14.1 Å². The third kappa shape index (κ3) is 4.77. The highest BCUT2D eigenvalue weighted by Crippen LogP contribution is 2.44. The lowest BCUT2D eigenvalue weighted by Crippen LogP contribution is -3.00. The molecule has 0 aliphatic carbocycles. The molecule has 40 heavy (non-hydrogen) atoms. The molecule has 0 spiro atoms. The Kier molecular flexibility index (Phi) is 8.60. The van der Waals surface area contributed by atoms with Gasteiger partial charge in [0.15, 0.2) is 24.8 Å². The second-order valence-corrected chi connectivity index (χ2v) is 9.51. The first-order chi connectivity index (χ1) is 18.4. The van der Waals surface area contributed by atoms with Crippen molar-refractivity contribution in [3.8, 4) is 22.3 Å². The van der Waals surface area contributed by atoms with E-state index in [0.717, 1.165) is 54.6 Å². The van der Waals surface area contributed by atoms with E-state index in [1.807, 2.05) is 96.5 Å². The SMILES string of the molecule is COC(=O)c1cc(-c2ccc[n+](C)c2)c2ccc3c(-c4ccc[n+](C)c4)cc(C(=O)OC)c4ccc1c2c43.[I-].[I-]. The summed E-state index contributed by atoms with van der Waals surface area (Å²) in [6.45, 7) is 0. The van der Waals surface area contributed by atoms with E-state index in [-0.39, 0.29) is 48.0 Å². The molecule has 6 nitrogen and oxygen atoms in total. The summed E-state index contributed by atoms with van der Waals surface area (Å²) >= 11 is 0. The molecule has 4 aromatic carbocycles. The van der Waals surface area contributed by atoms with Gasteiger partial charge in [-0.3, -0.25) is 0 Å². The van der Waals surface area contributed by atoms with Crippen LogP contribution >= 0.6 is 0 Å². The van der Waals surface area contributed by atoms with Crippen LogP contribution in [0.15, 0.2) is 85.5 Å². The molecule has 0 unspecified atom stereocenters. The molecular weight excluding hydrogens is 730 g/mol. The average molecular weight is 756 g/mol. The van der Waals surface area contributed by atoms with Crippen molar-refractivity contribution >= 4 is 44.3 Å². The molecule has 2 aromatic heterocycles. The van der Waals surface area contributed by atoms with Gasteiger partial charge in [0, 0.05) is 23.3 Å². The van der Waals surface area contributed by atoms with Crippen molar-refractivity contribution in [3.63, 3.8) is 0 Å². The Bertz CT molecular complexity index is 1780. The van der Waals surface area contributed by atoms with Crippen molar-refractivity contribution in [2.45, 2.75) is 0 Å². The number of carbonyl (C=O) groups is 2. The van der Waals surface area contributed by atoms with Crippen LogP contribution in [0.4, 0.5) is 0 Å². The second kappa shape index (κ2) is 11.6. The van der Waals surface area contributed by atoms with Crippen LogP contribution in [0.3, 0.4) is 0 Å². The summed E-state index contributed by atoms with van der Waals surface area (Å²) < 4.78 is 14.4. The number of esters is 2. The van der Waals surface area contributed by atoms with Crippen LogP contribution in [-0.4, -0.2) is 26.2 Å². The Hall–Kier alpha value is -3.38. The number of rotatable bonds is 4. The fourth-order valence-corrected chi connectivity index (χ4v) is 5.52. The van der Waals surface area contributed by atoms with E-state index >= 15 is 0 Å². The Labute approximate surface area is 265 Å². The molecule has 2 heterocycles.